The predicted octanol–water partition coefficient (Wildman–Crippen LogP) is 2.96. The second-order valence-corrected chi connectivity index (χ2v) is 5.03. The van der Waals surface area contributed by atoms with Gasteiger partial charge in [-0.15, -0.1) is 0 Å². The lowest BCUT2D eigenvalue weighted by Crippen LogP contribution is -2.38. The maximum Gasteiger partial charge on any atom is 0.127 e. The summed E-state index contributed by atoms with van der Waals surface area (Å²) in [6.45, 7) is 2.59. The molecule has 0 saturated carbocycles. The first kappa shape index (κ1) is 12.8. The van der Waals surface area contributed by atoms with Crippen LogP contribution in [-0.2, 0) is 0 Å². The molecule has 1 aliphatic rings. The largest absolute Gasteiger partial charge is 0.387 e. The molecule has 2 atom stereocenters. The van der Waals surface area contributed by atoms with Crippen molar-refractivity contribution in [2.45, 2.75) is 38.3 Å². The molecule has 94 valence electrons. The Kier molecular flexibility index (Phi) is 4.02. The van der Waals surface area contributed by atoms with Crippen molar-refractivity contribution in [1.82, 2.24) is 5.32 Å². The van der Waals surface area contributed by atoms with Crippen molar-refractivity contribution in [1.29, 1.82) is 0 Å². The van der Waals surface area contributed by atoms with Gasteiger partial charge >= 0.3 is 0 Å². The topological polar surface area (TPSA) is 32.3 Å². The van der Waals surface area contributed by atoms with Crippen LogP contribution < -0.4 is 5.32 Å². The standard InChI is InChI=1S/C13H17ClFNO/c1-8-6-9(10(14)7-11(8)15)13(17)12-4-2-3-5-16-12/h6-7,12-13,16-17H,2-5H2,1H3. The van der Waals surface area contributed by atoms with Crippen molar-refractivity contribution < 1.29 is 9.50 Å². The van der Waals surface area contributed by atoms with Crippen LogP contribution >= 0.6 is 11.6 Å². The molecule has 0 aliphatic carbocycles. The molecular formula is C13H17ClFNO. The molecule has 0 amide bonds. The van der Waals surface area contributed by atoms with E-state index < -0.39 is 6.10 Å². The van der Waals surface area contributed by atoms with E-state index in [1.54, 1.807) is 13.0 Å². The third kappa shape index (κ3) is 2.79. The summed E-state index contributed by atoms with van der Waals surface area (Å²) < 4.78 is 13.3. The minimum atomic E-state index is -0.665. The Morgan fingerprint density at radius 2 is 2.24 bits per heavy atom. The highest BCUT2D eigenvalue weighted by Crippen LogP contribution is 2.30. The number of benzene rings is 1. The van der Waals surface area contributed by atoms with Gasteiger partial charge in [-0.2, -0.15) is 0 Å². The van der Waals surface area contributed by atoms with Gasteiger partial charge in [0, 0.05) is 16.6 Å². The molecule has 4 heteroatoms. The molecule has 1 aliphatic heterocycles. The summed E-state index contributed by atoms with van der Waals surface area (Å²) in [7, 11) is 0. The van der Waals surface area contributed by atoms with E-state index in [1.165, 1.54) is 6.07 Å². The fourth-order valence-electron chi connectivity index (χ4n) is 2.27. The SMILES string of the molecule is Cc1cc(C(O)C2CCCCN2)c(Cl)cc1F. The zero-order valence-electron chi connectivity index (χ0n) is 9.84. The van der Waals surface area contributed by atoms with Crippen molar-refractivity contribution in [2.75, 3.05) is 6.54 Å². The number of aliphatic hydroxyl groups excluding tert-OH is 1. The second kappa shape index (κ2) is 5.34. The van der Waals surface area contributed by atoms with Crippen molar-refractivity contribution >= 4 is 11.6 Å². The van der Waals surface area contributed by atoms with Crippen LogP contribution in [0.1, 0.15) is 36.5 Å². The molecule has 1 saturated heterocycles. The summed E-state index contributed by atoms with van der Waals surface area (Å²) in [6.07, 6.45) is 2.50. The minimum absolute atomic E-state index is 0.0195. The van der Waals surface area contributed by atoms with Gasteiger partial charge in [0.2, 0.25) is 0 Å². The van der Waals surface area contributed by atoms with E-state index in [1.807, 2.05) is 0 Å². The lowest BCUT2D eigenvalue weighted by Gasteiger charge is -2.28. The van der Waals surface area contributed by atoms with Gasteiger partial charge in [0.05, 0.1) is 6.10 Å². The molecule has 2 N–H and O–H groups in total. The molecule has 0 bridgehead atoms. The van der Waals surface area contributed by atoms with E-state index in [2.05, 4.69) is 5.32 Å². The Balaban J connectivity index is 2.23. The Morgan fingerprint density at radius 3 is 2.88 bits per heavy atom. The minimum Gasteiger partial charge on any atom is -0.387 e. The third-order valence-electron chi connectivity index (χ3n) is 3.33. The lowest BCUT2D eigenvalue weighted by atomic mass is 9.94. The summed E-state index contributed by atoms with van der Waals surface area (Å²) in [5.74, 6) is -0.331. The van der Waals surface area contributed by atoms with E-state index in [-0.39, 0.29) is 11.9 Å². The molecule has 2 rings (SSSR count). The number of hydrogen-bond acceptors (Lipinski definition) is 2. The normalized spacial score (nSPS) is 22.5. The number of aryl methyl sites for hydroxylation is 1. The molecule has 1 heterocycles. The highest BCUT2D eigenvalue weighted by atomic mass is 35.5. The second-order valence-electron chi connectivity index (χ2n) is 4.62. The van der Waals surface area contributed by atoms with Crippen LogP contribution in [0, 0.1) is 12.7 Å². The average Bonchev–Trinajstić information content (AvgIpc) is 2.34. The van der Waals surface area contributed by atoms with Gasteiger partial charge in [0.15, 0.2) is 0 Å². The lowest BCUT2D eigenvalue weighted by molar-refractivity contribution is 0.114. The van der Waals surface area contributed by atoms with Gasteiger partial charge in [0.1, 0.15) is 5.82 Å². The number of rotatable bonds is 2. The maximum atomic E-state index is 13.3. The summed E-state index contributed by atoms with van der Waals surface area (Å²) in [5.41, 5.74) is 1.13. The Morgan fingerprint density at radius 1 is 1.47 bits per heavy atom. The van der Waals surface area contributed by atoms with Gasteiger partial charge in [-0.3, -0.25) is 0 Å². The highest BCUT2D eigenvalue weighted by molar-refractivity contribution is 6.31. The van der Waals surface area contributed by atoms with E-state index in [9.17, 15) is 9.50 Å². The van der Waals surface area contributed by atoms with E-state index >= 15 is 0 Å². The molecular weight excluding hydrogens is 241 g/mol. The monoisotopic (exact) mass is 257 g/mol. The fourth-order valence-corrected chi connectivity index (χ4v) is 2.53. The first-order valence-corrected chi connectivity index (χ1v) is 6.34. The quantitative estimate of drug-likeness (QED) is 0.854. The van der Waals surface area contributed by atoms with Gasteiger partial charge in [-0.25, -0.2) is 4.39 Å². The van der Waals surface area contributed by atoms with Crippen LogP contribution in [0.15, 0.2) is 12.1 Å². The average molecular weight is 258 g/mol. The molecule has 0 aromatic heterocycles. The van der Waals surface area contributed by atoms with Crippen molar-refractivity contribution in [2.24, 2.45) is 0 Å². The van der Waals surface area contributed by atoms with Crippen molar-refractivity contribution in [3.63, 3.8) is 0 Å². The van der Waals surface area contributed by atoms with Crippen LogP contribution in [-0.4, -0.2) is 17.7 Å². The zero-order valence-corrected chi connectivity index (χ0v) is 10.6. The molecule has 1 fully saturated rings. The first-order valence-electron chi connectivity index (χ1n) is 5.96. The molecule has 17 heavy (non-hydrogen) atoms. The summed E-state index contributed by atoms with van der Waals surface area (Å²) >= 11 is 5.99. The number of piperidine rings is 1. The highest BCUT2D eigenvalue weighted by Gasteiger charge is 2.24. The fraction of sp³-hybridized carbons (Fsp3) is 0.538. The summed E-state index contributed by atoms with van der Waals surface area (Å²) in [6, 6.07) is 2.93. The zero-order chi connectivity index (χ0) is 12.4. The van der Waals surface area contributed by atoms with Crippen LogP contribution in [0.3, 0.4) is 0 Å². The number of aliphatic hydroxyl groups is 1. The molecule has 1 aromatic carbocycles. The smallest absolute Gasteiger partial charge is 0.127 e. The summed E-state index contributed by atoms with van der Waals surface area (Å²) in [5, 5.41) is 13.8. The van der Waals surface area contributed by atoms with Gasteiger partial charge in [-0.05, 0) is 44.0 Å². The van der Waals surface area contributed by atoms with Gasteiger partial charge in [0.25, 0.3) is 0 Å². The number of hydrogen-bond donors (Lipinski definition) is 2. The van der Waals surface area contributed by atoms with Crippen LogP contribution in [0.5, 0.6) is 0 Å². The number of nitrogens with one attached hydrogen (secondary N) is 1. The van der Waals surface area contributed by atoms with Crippen LogP contribution in [0.4, 0.5) is 4.39 Å². The van der Waals surface area contributed by atoms with Crippen molar-refractivity contribution in [3.05, 3.63) is 34.1 Å². The van der Waals surface area contributed by atoms with Crippen LogP contribution in [0.25, 0.3) is 0 Å². The molecule has 0 spiro atoms. The van der Waals surface area contributed by atoms with Crippen LogP contribution in [0.2, 0.25) is 5.02 Å². The summed E-state index contributed by atoms with van der Waals surface area (Å²) in [4.78, 5) is 0. The van der Waals surface area contributed by atoms with Crippen molar-refractivity contribution in [3.8, 4) is 0 Å². The third-order valence-corrected chi connectivity index (χ3v) is 3.65. The maximum absolute atomic E-state index is 13.3. The predicted molar refractivity (Wildman–Crippen MR) is 66.7 cm³/mol. The van der Waals surface area contributed by atoms with Gasteiger partial charge < -0.3 is 10.4 Å². The Labute approximate surface area is 106 Å². The molecule has 1 aromatic rings. The Bertz CT molecular complexity index is 405. The number of halogens is 2. The van der Waals surface area contributed by atoms with E-state index in [4.69, 9.17) is 11.6 Å². The van der Waals surface area contributed by atoms with E-state index in [0.29, 0.717) is 16.1 Å². The Hall–Kier alpha value is -0.640. The molecule has 0 radical (unpaired) electrons. The first-order chi connectivity index (χ1) is 8.09. The molecule has 2 nitrogen and oxygen atoms in total. The van der Waals surface area contributed by atoms with E-state index in [0.717, 1.165) is 25.8 Å². The van der Waals surface area contributed by atoms with Gasteiger partial charge in [-0.1, -0.05) is 18.0 Å². The molecule has 2 unspecified atom stereocenters.